The number of hydrogen-bond acceptors (Lipinski definition) is 2. The molecule has 0 atom stereocenters. The zero-order valence-corrected chi connectivity index (χ0v) is 14.4. The molecule has 0 aliphatic heterocycles. The molecule has 1 aromatic heterocycles. The van der Waals surface area contributed by atoms with Crippen LogP contribution in [-0.4, -0.2) is 24.4 Å². The summed E-state index contributed by atoms with van der Waals surface area (Å²) in [6.45, 7) is 0.895. The average Bonchev–Trinajstić information content (AvgIpc) is 2.70. The van der Waals surface area contributed by atoms with Crippen LogP contribution in [0.25, 0.3) is 0 Å². The minimum atomic E-state index is 0.136. The summed E-state index contributed by atoms with van der Waals surface area (Å²) in [7, 11) is 1.92. The highest BCUT2D eigenvalue weighted by atomic mass is 79.9. The molecule has 1 aliphatic carbocycles. The van der Waals surface area contributed by atoms with E-state index in [9.17, 15) is 4.79 Å². The second-order valence-electron chi connectivity index (χ2n) is 4.92. The van der Waals surface area contributed by atoms with E-state index >= 15 is 0 Å². The van der Waals surface area contributed by atoms with Crippen molar-refractivity contribution in [3.8, 4) is 0 Å². The minimum absolute atomic E-state index is 0.136. The van der Waals surface area contributed by atoms with Crippen LogP contribution in [0.5, 0.6) is 0 Å². The highest BCUT2D eigenvalue weighted by Crippen LogP contribution is 2.33. The van der Waals surface area contributed by atoms with Crippen molar-refractivity contribution in [2.24, 2.45) is 5.92 Å². The molecule has 0 N–H and O–H groups in total. The van der Waals surface area contributed by atoms with E-state index in [1.807, 2.05) is 18.0 Å². The number of thiophene rings is 1. The maximum atomic E-state index is 12.3. The van der Waals surface area contributed by atoms with Crippen molar-refractivity contribution in [2.45, 2.75) is 32.1 Å². The van der Waals surface area contributed by atoms with Crippen LogP contribution < -0.4 is 0 Å². The summed E-state index contributed by atoms with van der Waals surface area (Å²) >= 11 is 8.35. The third kappa shape index (κ3) is 3.58. The van der Waals surface area contributed by atoms with Gasteiger partial charge in [0.15, 0.2) is 0 Å². The Bertz CT molecular complexity index is 407. The summed E-state index contributed by atoms with van der Waals surface area (Å²) in [6, 6.07) is 1.90. The van der Waals surface area contributed by atoms with Gasteiger partial charge >= 0.3 is 0 Å². The van der Waals surface area contributed by atoms with Gasteiger partial charge in [-0.1, -0.05) is 19.3 Å². The van der Waals surface area contributed by atoms with Gasteiger partial charge in [0.1, 0.15) is 0 Å². The van der Waals surface area contributed by atoms with Crippen LogP contribution in [0.2, 0.25) is 0 Å². The Morgan fingerprint density at radius 2 is 2.06 bits per heavy atom. The number of hydrogen-bond donors (Lipinski definition) is 0. The summed E-state index contributed by atoms with van der Waals surface area (Å²) in [5.41, 5.74) is 0. The number of carbonyl (C=O) groups is 1. The molecule has 0 bridgehead atoms. The molecule has 2 rings (SSSR count). The number of rotatable bonds is 3. The zero-order chi connectivity index (χ0) is 13.1. The Morgan fingerprint density at radius 3 is 2.61 bits per heavy atom. The van der Waals surface area contributed by atoms with E-state index in [4.69, 9.17) is 0 Å². The predicted molar refractivity (Wildman–Crippen MR) is 83.3 cm³/mol. The van der Waals surface area contributed by atoms with Crippen LogP contribution in [-0.2, 0) is 0 Å². The van der Waals surface area contributed by atoms with Crippen molar-refractivity contribution >= 4 is 49.1 Å². The second-order valence-corrected chi connectivity index (χ2v) is 8.15. The molecule has 0 aromatic carbocycles. The molecule has 5 heteroatoms. The quantitative estimate of drug-likeness (QED) is 0.711. The summed E-state index contributed by atoms with van der Waals surface area (Å²) in [5, 5.41) is 0. The lowest BCUT2D eigenvalue weighted by molar-refractivity contribution is 0.0765. The molecule has 2 nitrogen and oxygen atoms in total. The van der Waals surface area contributed by atoms with Crippen LogP contribution in [0.15, 0.2) is 14.3 Å². The Labute approximate surface area is 129 Å². The maximum absolute atomic E-state index is 12.3. The first-order valence-corrected chi connectivity index (χ1v) is 8.68. The molecule has 0 radical (unpaired) electrons. The zero-order valence-electron chi connectivity index (χ0n) is 10.4. The van der Waals surface area contributed by atoms with Crippen molar-refractivity contribution in [2.75, 3.05) is 13.6 Å². The van der Waals surface area contributed by atoms with E-state index < -0.39 is 0 Å². The van der Waals surface area contributed by atoms with Gasteiger partial charge in [-0.2, -0.15) is 0 Å². The molecule has 1 aliphatic rings. The van der Waals surface area contributed by atoms with Crippen LogP contribution in [0, 0.1) is 5.92 Å². The Morgan fingerprint density at radius 1 is 1.39 bits per heavy atom. The van der Waals surface area contributed by atoms with Crippen LogP contribution in [0.1, 0.15) is 41.8 Å². The molecule has 100 valence electrons. The molecule has 1 saturated carbocycles. The molecular weight excluding hydrogens is 378 g/mol. The van der Waals surface area contributed by atoms with Gasteiger partial charge in [-0.15, -0.1) is 11.3 Å². The monoisotopic (exact) mass is 393 g/mol. The van der Waals surface area contributed by atoms with E-state index in [-0.39, 0.29) is 5.91 Å². The SMILES string of the molecule is CN(CC1CCCCC1)C(=O)c1cc(Br)c(Br)s1. The van der Waals surface area contributed by atoms with E-state index in [0.29, 0.717) is 5.92 Å². The van der Waals surface area contributed by atoms with Crippen molar-refractivity contribution in [1.29, 1.82) is 0 Å². The van der Waals surface area contributed by atoms with E-state index in [1.54, 1.807) is 0 Å². The highest BCUT2D eigenvalue weighted by molar-refractivity contribution is 9.13. The van der Waals surface area contributed by atoms with E-state index in [1.165, 1.54) is 43.4 Å². The van der Waals surface area contributed by atoms with E-state index in [0.717, 1.165) is 19.7 Å². The molecule has 1 amide bonds. The molecule has 1 fully saturated rings. The van der Waals surface area contributed by atoms with E-state index in [2.05, 4.69) is 31.9 Å². The number of nitrogens with zero attached hydrogens (tertiary/aromatic N) is 1. The first kappa shape index (κ1) is 14.5. The van der Waals surface area contributed by atoms with Gasteiger partial charge in [0, 0.05) is 18.1 Å². The molecule has 18 heavy (non-hydrogen) atoms. The molecule has 0 spiro atoms. The Kier molecular flexibility index (Phi) is 5.27. The number of amides is 1. The van der Waals surface area contributed by atoms with Crippen LogP contribution >= 0.6 is 43.2 Å². The van der Waals surface area contributed by atoms with Crippen molar-refractivity contribution in [3.63, 3.8) is 0 Å². The van der Waals surface area contributed by atoms with Crippen LogP contribution in [0.3, 0.4) is 0 Å². The Hall–Kier alpha value is 0.130. The standard InChI is InChI=1S/C13H17Br2NOS/c1-16(8-9-5-3-2-4-6-9)13(17)11-7-10(14)12(15)18-11/h7,9H,2-6,8H2,1H3. The Balaban J connectivity index is 1.95. The number of halogens is 2. The molecular formula is C13H17Br2NOS. The maximum Gasteiger partial charge on any atom is 0.263 e. The second kappa shape index (κ2) is 6.53. The highest BCUT2D eigenvalue weighted by Gasteiger charge is 2.20. The third-order valence-corrected chi connectivity index (χ3v) is 6.70. The first-order chi connectivity index (χ1) is 8.58. The fourth-order valence-electron chi connectivity index (χ4n) is 2.48. The summed E-state index contributed by atoms with van der Waals surface area (Å²) in [4.78, 5) is 15.0. The molecule has 0 saturated heterocycles. The summed E-state index contributed by atoms with van der Waals surface area (Å²) < 4.78 is 1.94. The summed E-state index contributed by atoms with van der Waals surface area (Å²) in [5.74, 6) is 0.830. The van der Waals surface area contributed by atoms with Gasteiger partial charge in [0.2, 0.25) is 0 Å². The van der Waals surface area contributed by atoms with Gasteiger partial charge in [-0.25, -0.2) is 0 Å². The smallest absolute Gasteiger partial charge is 0.263 e. The summed E-state index contributed by atoms with van der Waals surface area (Å²) in [6.07, 6.45) is 6.55. The topological polar surface area (TPSA) is 20.3 Å². The van der Waals surface area contributed by atoms with Gasteiger partial charge < -0.3 is 4.90 Å². The lowest BCUT2D eigenvalue weighted by Gasteiger charge is -2.26. The fraction of sp³-hybridized carbons (Fsp3) is 0.615. The molecule has 0 unspecified atom stereocenters. The largest absolute Gasteiger partial charge is 0.341 e. The third-order valence-electron chi connectivity index (χ3n) is 3.46. The van der Waals surface area contributed by atoms with Gasteiger partial charge in [-0.05, 0) is 56.7 Å². The average molecular weight is 395 g/mol. The number of carbonyl (C=O) groups excluding carboxylic acids is 1. The van der Waals surface area contributed by atoms with Crippen molar-refractivity contribution in [1.82, 2.24) is 4.90 Å². The van der Waals surface area contributed by atoms with Crippen molar-refractivity contribution < 1.29 is 4.79 Å². The van der Waals surface area contributed by atoms with Crippen molar-refractivity contribution in [3.05, 3.63) is 19.2 Å². The lowest BCUT2D eigenvalue weighted by Crippen LogP contribution is -2.32. The lowest BCUT2D eigenvalue weighted by atomic mass is 9.89. The normalized spacial score (nSPS) is 16.8. The predicted octanol–water partition coefficient (Wildman–Crippen LogP) is 4.93. The van der Waals surface area contributed by atoms with Gasteiger partial charge in [0.25, 0.3) is 5.91 Å². The minimum Gasteiger partial charge on any atom is -0.341 e. The fourth-order valence-corrected chi connectivity index (χ4v) is 4.51. The molecule has 1 heterocycles. The van der Waals surface area contributed by atoms with Crippen LogP contribution in [0.4, 0.5) is 0 Å². The van der Waals surface area contributed by atoms with Gasteiger partial charge in [0.05, 0.1) is 8.66 Å². The van der Waals surface area contributed by atoms with Gasteiger partial charge in [-0.3, -0.25) is 4.79 Å². The molecule has 1 aromatic rings. The first-order valence-electron chi connectivity index (χ1n) is 6.28.